The van der Waals surface area contributed by atoms with Gasteiger partial charge in [0.1, 0.15) is 0 Å². The van der Waals surface area contributed by atoms with E-state index in [1.165, 1.54) is 31.3 Å². The van der Waals surface area contributed by atoms with E-state index in [-0.39, 0.29) is 0 Å². The summed E-state index contributed by atoms with van der Waals surface area (Å²) in [6, 6.07) is 50.9. The van der Waals surface area contributed by atoms with Gasteiger partial charge in [0, 0.05) is 42.1 Å². The molecule has 0 amide bonds. The van der Waals surface area contributed by atoms with Crippen LogP contribution in [0.4, 0.5) is 0 Å². The van der Waals surface area contributed by atoms with Crippen molar-refractivity contribution in [1.82, 2.24) is 19.5 Å². The van der Waals surface area contributed by atoms with Crippen LogP contribution < -0.4 is 0 Å². The van der Waals surface area contributed by atoms with E-state index in [0.29, 0.717) is 17.6 Å². The number of hydrogen-bond acceptors (Lipinski definition) is 4. The van der Waals surface area contributed by atoms with Crippen molar-refractivity contribution in [1.29, 1.82) is 0 Å². The molecule has 0 aliphatic heterocycles. The second kappa shape index (κ2) is 9.97. The minimum absolute atomic E-state index is 0.600. The molecule has 0 atom stereocenters. The quantitative estimate of drug-likeness (QED) is 0.208. The Balaban J connectivity index is 1.27. The number of fused-ring (bicyclic) bond motifs is 6. The smallest absolute Gasteiger partial charge is 0.238 e. The molecule has 0 aliphatic rings. The van der Waals surface area contributed by atoms with Crippen LogP contribution in [0, 0.1) is 0 Å². The Morgan fingerprint density at radius 1 is 0.386 bits per heavy atom. The average molecular weight is 581 g/mol. The van der Waals surface area contributed by atoms with Crippen LogP contribution in [0.2, 0.25) is 0 Å². The van der Waals surface area contributed by atoms with E-state index in [9.17, 15) is 0 Å². The number of hydrogen-bond donors (Lipinski definition) is 0. The molecule has 0 saturated heterocycles. The van der Waals surface area contributed by atoms with Crippen LogP contribution in [0.3, 0.4) is 0 Å². The van der Waals surface area contributed by atoms with Gasteiger partial charge in [-0.25, -0.2) is 4.98 Å². The standard InChI is InChI=1S/C39H24N4S/c1-3-11-25(12-4-1)37-40-38(26-13-5-2-6-14-26)42-39(41-37)43-33-17-9-7-15-29(33)31-23-27(19-21-34(31)43)28-20-22-36-32(24-28)30-16-8-10-18-35(30)44-36/h1-24H. The summed E-state index contributed by atoms with van der Waals surface area (Å²) in [5.41, 5.74) is 6.41. The van der Waals surface area contributed by atoms with Gasteiger partial charge in [-0.3, -0.25) is 4.57 Å². The van der Waals surface area contributed by atoms with Gasteiger partial charge in [-0.15, -0.1) is 11.3 Å². The van der Waals surface area contributed by atoms with Gasteiger partial charge in [-0.2, -0.15) is 9.97 Å². The maximum Gasteiger partial charge on any atom is 0.238 e. The van der Waals surface area contributed by atoms with Crippen LogP contribution in [-0.2, 0) is 0 Å². The van der Waals surface area contributed by atoms with Gasteiger partial charge < -0.3 is 0 Å². The fourth-order valence-electron chi connectivity index (χ4n) is 6.17. The van der Waals surface area contributed by atoms with Crippen LogP contribution in [0.15, 0.2) is 146 Å². The predicted octanol–water partition coefficient (Wildman–Crippen LogP) is 10.3. The van der Waals surface area contributed by atoms with Crippen LogP contribution in [-0.4, -0.2) is 19.5 Å². The Hall–Kier alpha value is -5.65. The van der Waals surface area contributed by atoms with Gasteiger partial charge >= 0.3 is 0 Å². The van der Waals surface area contributed by atoms with Crippen LogP contribution in [0.1, 0.15) is 0 Å². The Bertz CT molecular complexity index is 2440. The van der Waals surface area contributed by atoms with Gasteiger partial charge in [-0.05, 0) is 47.5 Å². The van der Waals surface area contributed by atoms with E-state index >= 15 is 0 Å². The molecule has 0 fully saturated rings. The number of benzene rings is 6. The summed E-state index contributed by atoms with van der Waals surface area (Å²) in [7, 11) is 0. The first-order chi connectivity index (χ1) is 21.8. The molecule has 4 nitrogen and oxygen atoms in total. The molecule has 44 heavy (non-hydrogen) atoms. The summed E-state index contributed by atoms with van der Waals surface area (Å²) in [5, 5.41) is 4.94. The van der Waals surface area contributed by atoms with Gasteiger partial charge in [0.2, 0.25) is 5.95 Å². The zero-order chi connectivity index (χ0) is 29.0. The maximum atomic E-state index is 5.05. The molecule has 0 bridgehead atoms. The molecule has 0 unspecified atom stereocenters. The minimum Gasteiger partial charge on any atom is -0.278 e. The Labute approximate surface area is 257 Å². The largest absolute Gasteiger partial charge is 0.278 e. The third-order valence-electron chi connectivity index (χ3n) is 8.27. The minimum atomic E-state index is 0.600. The van der Waals surface area contributed by atoms with E-state index < -0.39 is 0 Å². The molecule has 0 radical (unpaired) electrons. The Morgan fingerprint density at radius 2 is 0.932 bits per heavy atom. The van der Waals surface area contributed by atoms with Crippen LogP contribution in [0.25, 0.3) is 81.8 Å². The van der Waals surface area contributed by atoms with Gasteiger partial charge in [0.25, 0.3) is 0 Å². The molecule has 0 spiro atoms. The molecule has 3 aromatic heterocycles. The highest BCUT2D eigenvalue weighted by Crippen LogP contribution is 2.38. The van der Waals surface area contributed by atoms with Gasteiger partial charge in [0.15, 0.2) is 11.6 Å². The number of para-hydroxylation sites is 1. The summed E-state index contributed by atoms with van der Waals surface area (Å²) in [5.74, 6) is 1.89. The summed E-state index contributed by atoms with van der Waals surface area (Å²) >= 11 is 1.85. The predicted molar refractivity (Wildman–Crippen MR) is 183 cm³/mol. The van der Waals surface area contributed by atoms with Gasteiger partial charge in [0.05, 0.1) is 11.0 Å². The molecule has 9 aromatic rings. The molecule has 6 aromatic carbocycles. The van der Waals surface area contributed by atoms with Crippen molar-refractivity contribution < 1.29 is 0 Å². The van der Waals surface area contributed by atoms with E-state index in [1.54, 1.807) is 0 Å². The van der Waals surface area contributed by atoms with Crippen molar-refractivity contribution in [2.24, 2.45) is 0 Å². The Morgan fingerprint density at radius 3 is 1.66 bits per heavy atom. The molecular weight excluding hydrogens is 557 g/mol. The van der Waals surface area contributed by atoms with Crippen molar-refractivity contribution in [3.05, 3.63) is 146 Å². The molecular formula is C39H24N4S. The maximum absolute atomic E-state index is 5.05. The highest BCUT2D eigenvalue weighted by atomic mass is 32.1. The molecule has 206 valence electrons. The summed E-state index contributed by atoms with van der Waals surface area (Å²) < 4.78 is 4.80. The fourth-order valence-corrected chi connectivity index (χ4v) is 7.26. The zero-order valence-corrected chi connectivity index (χ0v) is 24.4. The van der Waals surface area contributed by atoms with E-state index in [0.717, 1.165) is 32.9 Å². The molecule has 5 heteroatoms. The van der Waals surface area contributed by atoms with E-state index in [4.69, 9.17) is 15.0 Å². The highest BCUT2D eigenvalue weighted by Gasteiger charge is 2.18. The monoisotopic (exact) mass is 580 g/mol. The first-order valence-corrected chi connectivity index (χ1v) is 15.4. The molecule has 0 aliphatic carbocycles. The topological polar surface area (TPSA) is 43.6 Å². The second-order valence-electron chi connectivity index (χ2n) is 10.9. The lowest BCUT2D eigenvalue weighted by Gasteiger charge is -2.11. The lowest BCUT2D eigenvalue weighted by atomic mass is 10.0. The molecule has 0 N–H and O–H groups in total. The SMILES string of the molecule is c1ccc(-c2nc(-c3ccccc3)nc(-n3c4ccccc4c4cc(-c5ccc6sc7ccccc7c6c5)ccc43)n2)cc1. The van der Waals surface area contributed by atoms with Crippen LogP contribution in [0.5, 0.6) is 0 Å². The highest BCUT2D eigenvalue weighted by molar-refractivity contribution is 7.25. The number of nitrogens with zero attached hydrogens (tertiary/aromatic N) is 4. The van der Waals surface area contributed by atoms with Crippen molar-refractivity contribution in [2.45, 2.75) is 0 Å². The van der Waals surface area contributed by atoms with Crippen molar-refractivity contribution in [2.75, 3.05) is 0 Å². The summed E-state index contributed by atoms with van der Waals surface area (Å²) in [6.45, 7) is 0. The molecule has 0 saturated carbocycles. The summed E-state index contributed by atoms with van der Waals surface area (Å²) in [6.07, 6.45) is 0. The van der Waals surface area contributed by atoms with Gasteiger partial charge in [-0.1, -0.05) is 109 Å². The Kier molecular flexibility index (Phi) is 5.64. The normalized spacial score (nSPS) is 11.6. The van der Waals surface area contributed by atoms with Crippen molar-refractivity contribution in [3.63, 3.8) is 0 Å². The van der Waals surface area contributed by atoms with E-state index in [2.05, 4.69) is 89.5 Å². The first kappa shape index (κ1) is 24.9. The fraction of sp³-hybridized carbons (Fsp3) is 0. The average Bonchev–Trinajstić information content (AvgIpc) is 3.64. The lowest BCUT2D eigenvalue weighted by molar-refractivity contribution is 0.953. The molecule has 3 heterocycles. The van der Waals surface area contributed by atoms with Crippen LogP contribution >= 0.6 is 11.3 Å². The number of aromatic nitrogens is 4. The molecule has 9 rings (SSSR count). The number of rotatable bonds is 4. The van der Waals surface area contributed by atoms with E-state index in [1.807, 2.05) is 72.0 Å². The van der Waals surface area contributed by atoms with Crippen molar-refractivity contribution >= 4 is 53.3 Å². The first-order valence-electron chi connectivity index (χ1n) is 14.6. The third kappa shape index (κ3) is 4.02. The summed E-state index contributed by atoms with van der Waals surface area (Å²) in [4.78, 5) is 15.0. The number of thiophene rings is 1. The van der Waals surface area contributed by atoms with Crippen molar-refractivity contribution in [3.8, 4) is 39.9 Å². The lowest BCUT2D eigenvalue weighted by Crippen LogP contribution is -2.06. The second-order valence-corrected chi connectivity index (χ2v) is 12.0. The third-order valence-corrected chi connectivity index (χ3v) is 9.42. The zero-order valence-electron chi connectivity index (χ0n) is 23.6.